The molecule has 2 aromatic carbocycles. The molecular weight excluding hydrogens is 212 g/mol. The van der Waals surface area contributed by atoms with Crippen molar-refractivity contribution in [2.24, 2.45) is 0 Å². The van der Waals surface area contributed by atoms with Crippen LogP contribution in [-0.4, -0.2) is 20.6 Å². The van der Waals surface area contributed by atoms with Gasteiger partial charge in [0.15, 0.2) is 0 Å². The van der Waals surface area contributed by atoms with Crippen molar-refractivity contribution in [3.63, 3.8) is 0 Å². The van der Waals surface area contributed by atoms with E-state index in [-0.39, 0.29) is 0 Å². The van der Waals surface area contributed by atoms with Gasteiger partial charge in [-0.3, -0.25) is 0 Å². The second kappa shape index (κ2) is 3.07. The van der Waals surface area contributed by atoms with Crippen molar-refractivity contribution in [1.82, 2.24) is 20.6 Å². The van der Waals surface area contributed by atoms with Crippen molar-refractivity contribution >= 4 is 10.8 Å². The van der Waals surface area contributed by atoms with E-state index in [1.54, 1.807) is 0 Å². The van der Waals surface area contributed by atoms with E-state index in [9.17, 15) is 0 Å². The zero-order valence-electron chi connectivity index (χ0n) is 8.96. The van der Waals surface area contributed by atoms with Crippen LogP contribution in [0.4, 0.5) is 0 Å². The highest BCUT2D eigenvalue weighted by molar-refractivity contribution is 5.90. The molecule has 0 amide bonds. The maximum absolute atomic E-state index is 4.08. The highest BCUT2D eigenvalue weighted by atomic mass is 15.4. The van der Waals surface area contributed by atoms with Gasteiger partial charge in [-0.05, 0) is 32.8 Å². The van der Waals surface area contributed by atoms with Crippen LogP contribution in [0.1, 0.15) is 11.3 Å². The van der Waals surface area contributed by atoms with E-state index in [1.165, 1.54) is 16.3 Å². The quantitative estimate of drug-likeness (QED) is 0.454. The normalized spacial score (nSPS) is 12.5. The fourth-order valence-electron chi connectivity index (χ4n) is 2.41. The fourth-order valence-corrected chi connectivity index (χ4v) is 2.41. The molecule has 1 heterocycles. The zero-order valence-corrected chi connectivity index (χ0v) is 8.96. The number of fused-ring (bicyclic) bond motifs is 4. The van der Waals surface area contributed by atoms with Crippen molar-refractivity contribution in [2.75, 3.05) is 0 Å². The number of nitrogens with zero attached hydrogens (tertiary/aromatic N) is 4. The molecule has 4 heteroatoms. The summed E-state index contributed by atoms with van der Waals surface area (Å²) in [6.45, 7) is 0. The van der Waals surface area contributed by atoms with Gasteiger partial charge in [-0.25, -0.2) is 0 Å². The van der Waals surface area contributed by atoms with Gasteiger partial charge in [0.25, 0.3) is 0 Å². The molecule has 0 unspecified atom stereocenters. The van der Waals surface area contributed by atoms with Gasteiger partial charge in [0, 0.05) is 12.0 Å². The molecule has 17 heavy (non-hydrogen) atoms. The molecule has 0 radical (unpaired) electrons. The molecule has 0 spiro atoms. The summed E-state index contributed by atoms with van der Waals surface area (Å²) in [5.41, 5.74) is 4.20. The summed E-state index contributed by atoms with van der Waals surface area (Å²) in [5.74, 6) is 0. The van der Waals surface area contributed by atoms with Crippen molar-refractivity contribution in [2.45, 2.75) is 6.42 Å². The Balaban J connectivity index is 2.07. The van der Waals surface area contributed by atoms with Crippen LogP contribution in [0.15, 0.2) is 36.4 Å². The average Bonchev–Trinajstić information content (AvgIpc) is 2.73. The molecule has 0 saturated heterocycles. The number of hydrogen-bond donors (Lipinski definition) is 0. The Labute approximate surface area is 97.3 Å². The van der Waals surface area contributed by atoms with E-state index in [1.807, 2.05) is 6.07 Å². The molecule has 0 bridgehead atoms. The molecule has 3 aromatic rings. The van der Waals surface area contributed by atoms with E-state index < -0.39 is 0 Å². The van der Waals surface area contributed by atoms with Gasteiger partial charge in [-0.15, -0.1) is 10.2 Å². The van der Waals surface area contributed by atoms with Crippen molar-refractivity contribution < 1.29 is 0 Å². The van der Waals surface area contributed by atoms with Crippen molar-refractivity contribution in [1.29, 1.82) is 0 Å². The summed E-state index contributed by atoms with van der Waals surface area (Å²) in [4.78, 5) is 0. The Morgan fingerprint density at radius 3 is 2.53 bits per heavy atom. The number of aromatic nitrogens is 4. The predicted molar refractivity (Wildman–Crippen MR) is 63.4 cm³/mol. The third-order valence-corrected chi connectivity index (χ3v) is 3.21. The summed E-state index contributed by atoms with van der Waals surface area (Å²) in [6, 6.07) is 12.7. The summed E-state index contributed by atoms with van der Waals surface area (Å²) in [7, 11) is 0. The Hall–Kier alpha value is -2.36. The lowest BCUT2D eigenvalue weighted by Gasteiger charge is -2.02. The molecule has 1 aliphatic carbocycles. The first kappa shape index (κ1) is 8.75. The second-order valence-corrected chi connectivity index (χ2v) is 4.21. The highest BCUT2D eigenvalue weighted by Crippen LogP contribution is 2.35. The molecule has 1 aromatic heterocycles. The lowest BCUT2D eigenvalue weighted by Crippen LogP contribution is -1.96. The fraction of sp³-hybridized carbons (Fsp3) is 0.0769. The van der Waals surface area contributed by atoms with E-state index in [0.29, 0.717) is 0 Å². The lowest BCUT2D eigenvalue weighted by molar-refractivity contribution is 0.746. The number of rotatable bonds is 0. The van der Waals surface area contributed by atoms with Gasteiger partial charge >= 0.3 is 0 Å². The van der Waals surface area contributed by atoms with Crippen LogP contribution >= 0.6 is 0 Å². The number of benzene rings is 2. The predicted octanol–water partition coefficient (Wildman–Crippen LogP) is 1.99. The minimum absolute atomic E-state index is 0.804. The molecule has 0 saturated carbocycles. The Kier molecular flexibility index (Phi) is 1.58. The van der Waals surface area contributed by atoms with Gasteiger partial charge in [0.2, 0.25) is 0 Å². The number of hydrogen-bond acceptors (Lipinski definition) is 4. The summed E-state index contributed by atoms with van der Waals surface area (Å²) in [5, 5.41) is 17.8. The van der Waals surface area contributed by atoms with Gasteiger partial charge < -0.3 is 0 Å². The molecular formula is C13H8N4. The van der Waals surface area contributed by atoms with Crippen LogP contribution in [0.2, 0.25) is 0 Å². The van der Waals surface area contributed by atoms with Crippen molar-refractivity contribution in [3.05, 3.63) is 47.7 Å². The van der Waals surface area contributed by atoms with E-state index in [2.05, 4.69) is 51.0 Å². The Morgan fingerprint density at radius 1 is 0.882 bits per heavy atom. The van der Waals surface area contributed by atoms with Crippen LogP contribution in [0.3, 0.4) is 0 Å². The molecule has 0 atom stereocenters. The first-order valence-corrected chi connectivity index (χ1v) is 5.49. The minimum atomic E-state index is 0.804. The van der Waals surface area contributed by atoms with Gasteiger partial charge in [0.1, 0.15) is 5.69 Å². The molecule has 1 aliphatic rings. The summed E-state index contributed by atoms with van der Waals surface area (Å²) in [6.07, 6.45) is 0.804. The topological polar surface area (TPSA) is 51.6 Å². The van der Waals surface area contributed by atoms with E-state index in [0.717, 1.165) is 23.4 Å². The highest BCUT2D eigenvalue weighted by Gasteiger charge is 2.22. The maximum atomic E-state index is 4.08. The third-order valence-electron chi connectivity index (χ3n) is 3.21. The van der Waals surface area contributed by atoms with Crippen LogP contribution in [-0.2, 0) is 6.42 Å². The monoisotopic (exact) mass is 220 g/mol. The van der Waals surface area contributed by atoms with Gasteiger partial charge in [-0.2, -0.15) is 0 Å². The molecule has 0 N–H and O–H groups in total. The molecule has 4 nitrogen and oxygen atoms in total. The largest absolute Gasteiger partial charge is 0.131 e. The van der Waals surface area contributed by atoms with E-state index >= 15 is 0 Å². The first-order valence-electron chi connectivity index (χ1n) is 5.49. The van der Waals surface area contributed by atoms with Crippen LogP contribution in [0, 0.1) is 0 Å². The molecule has 80 valence electrons. The van der Waals surface area contributed by atoms with Gasteiger partial charge in [0.05, 0.1) is 5.69 Å². The first-order chi connectivity index (χ1) is 8.42. The van der Waals surface area contributed by atoms with Crippen LogP contribution in [0.25, 0.3) is 22.0 Å². The Bertz CT molecular complexity index is 736. The molecule has 0 aliphatic heterocycles. The second-order valence-electron chi connectivity index (χ2n) is 4.21. The molecule has 0 fully saturated rings. The van der Waals surface area contributed by atoms with Gasteiger partial charge in [-0.1, -0.05) is 30.3 Å². The minimum Gasteiger partial charge on any atom is -0.131 e. The zero-order chi connectivity index (χ0) is 11.2. The average molecular weight is 220 g/mol. The summed E-state index contributed by atoms with van der Waals surface area (Å²) < 4.78 is 0. The van der Waals surface area contributed by atoms with Crippen LogP contribution < -0.4 is 0 Å². The third kappa shape index (κ3) is 1.18. The van der Waals surface area contributed by atoms with E-state index in [4.69, 9.17) is 0 Å². The smallest absolute Gasteiger partial charge is 0.119 e. The Morgan fingerprint density at radius 2 is 1.65 bits per heavy atom. The standard InChI is InChI=1S/C13H8N4/c1-2-4-9-6-11-10(5-8(9)3-1)7-12-13(11)15-17-16-14-12/h1-6H,7H2. The van der Waals surface area contributed by atoms with Crippen molar-refractivity contribution in [3.8, 4) is 11.3 Å². The summed E-state index contributed by atoms with van der Waals surface area (Å²) >= 11 is 0. The maximum Gasteiger partial charge on any atom is 0.119 e. The van der Waals surface area contributed by atoms with Crippen LogP contribution in [0.5, 0.6) is 0 Å². The SMILES string of the molecule is c1ccc2cc3c(cc2c1)Cc1nnnnc1-3. The lowest BCUT2D eigenvalue weighted by atomic mass is 10.0. The molecule has 4 rings (SSSR count).